The third-order valence-electron chi connectivity index (χ3n) is 1.52. The summed E-state index contributed by atoms with van der Waals surface area (Å²) in [5.41, 5.74) is 6.37. The van der Waals surface area contributed by atoms with Crippen LogP contribution in [-0.2, 0) is 0 Å². The topological polar surface area (TPSA) is 50.9 Å². The normalized spacial score (nSPS) is 9.62. The first-order valence-corrected chi connectivity index (χ1v) is 4.79. The Kier molecular flexibility index (Phi) is 3.76. The van der Waals surface area contributed by atoms with Crippen molar-refractivity contribution in [2.45, 2.75) is 6.42 Å². The lowest BCUT2D eigenvalue weighted by atomic mass is 10.3. The molecule has 0 unspecified atom stereocenters. The fraction of sp³-hybridized carbons (Fsp3) is 0.222. The van der Waals surface area contributed by atoms with E-state index in [9.17, 15) is 0 Å². The van der Waals surface area contributed by atoms with Crippen molar-refractivity contribution >= 4 is 27.4 Å². The summed E-state index contributed by atoms with van der Waals surface area (Å²) in [6, 6.07) is 1.82. The van der Waals surface area contributed by atoms with Crippen molar-refractivity contribution in [2.75, 3.05) is 17.6 Å². The van der Waals surface area contributed by atoms with Crippen molar-refractivity contribution in [2.24, 2.45) is 0 Å². The summed E-state index contributed by atoms with van der Waals surface area (Å²) in [6.07, 6.45) is 4.46. The molecule has 1 aromatic heterocycles. The van der Waals surface area contributed by atoms with Gasteiger partial charge in [0.25, 0.3) is 0 Å². The third kappa shape index (κ3) is 3.06. The molecule has 0 spiro atoms. The molecule has 0 aliphatic rings. The first-order chi connectivity index (χ1) is 6.24. The van der Waals surface area contributed by atoms with Crippen molar-refractivity contribution < 1.29 is 0 Å². The standard InChI is InChI=1S/C9H12BrN3/c1-2-3-4-12-9-8(11)5-7(10)6-13-9/h2,5-6H,1,3-4,11H2,(H,12,13). The van der Waals surface area contributed by atoms with E-state index < -0.39 is 0 Å². The van der Waals surface area contributed by atoms with Gasteiger partial charge in [-0.25, -0.2) is 4.98 Å². The summed E-state index contributed by atoms with van der Waals surface area (Å²) < 4.78 is 0.888. The summed E-state index contributed by atoms with van der Waals surface area (Å²) in [6.45, 7) is 4.44. The van der Waals surface area contributed by atoms with E-state index in [1.54, 1.807) is 6.20 Å². The number of nitrogens with one attached hydrogen (secondary N) is 1. The van der Waals surface area contributed by atoms with Crippen LogP contribution in [0.25, 0.3) is 0 Å². The van der Waals surface area contributed by atoms with Crippen molar-refractivity contribution in [1.29, 1.82) is 0 Å². The van der Waals surface area contributed by atoms with Gasteiger partial charge in [0.2, 0.25) is 0 Å². The molecule has 13 heavy (non-hydrogen) atoms. The largest absolute Gasteiger partial charge is 0.396 e. The van der Waals surface area contributed by atoms with Crippen LogP contribution < -0.4 is 11.1 Å². The maximum absolute atomic E-state index is 5.72. The molecule has 0 aromatic carbocycles. The summed E-state index contributed by atoms with van der Waals surface area (Å²) in [4.78, 5) is 4.13. The second kappa shape index (κ2) is 4.87. The van der Waals surface area contributed by atoms with Gasteiger partial charge in [-0.15, -0.1) is 6.58 Å². The van der Waals surface area contributed by atoms with E-state index in [1.165, 1.54) is 0 Å². The van der Waals surface area contributed by atoms with E-state index in [2.05, 4.69) is 32.8 Å². The second-order valence-electron chi connectivity index (χ2n) is 2.60. The molecule has 0 saturated carbocycles. The molecule has 3 nitrogen and oxygen atoms in total. The zero-order chi connectivity index (χ0) is 9.68. The number of anilines is 2. The SMILES string of the molecule is C=CCCNc1ncc(Br)cc1N. The molecular formula is C9H12BrN3. The smallest absolute Gasteiger partial charge is 0.149 e. The molecule has 1 heterocycles. The van der Waals surface area contributed by atoms with Crippen LogP contribution in [0.5, 0.6) is 0 Å². The highest BCUT2D eigenvalue weighted by Crippen LogP contribution is 2.19. The van der Waals surface area contributed by atoms with Gasteiger partial charge in [0.15, 0.2) is 0 Å². The Labute approximate surface area is 86.2 Å². The quantitative estimate of drug-likeness (QED) is 0.629. The Morgan fingerprint density at radius 2 is 2.46 bits per heavy atom. The lowest BCUT2D eigenvalue weighted by Gasteiger charge is -2.06. The maximum Gasteiger partial charge on any atom is 0.149 e. The molecule has 0 aliphatic heterocycles. The number of nitrogens with two attached hydrogens (primary N) is 1. The first kappa shape index (κ1) is 10.1. The minimum absolute atomic E-state index is 0.651. The van der Waals surface area contributed by atoms with Gasteiger partial charge in [-0.05, 0) is 28.4 Å². The predicted molar refractivity (Wildman–Crippen MR) is 59.7 cm³/mol. The highest BCUT2D eigenvalue weighted by Gasteiger charge is 1.98. The van der Waals surface area contributed by atoms with Gasteiger partial charge in [-0.2, -0.15) is 0 Å². The number of nitrogens with zero attached hydrogens (tertiary/aromatic N) is 1. The zero-order valence-corrected chi connectivity index (χ0v) is 8.84. The molecule has 4 heteroatoms. The van der Waals surface area contributed by atoms with Crippen LogP contribution >= 0.6 is 15.9 Å². The summed E-state index contributed by atoms with van der Waals surface area (Å²) in [7, 11) is 0. The summed E-state index contributed by atoms with van der Waals surface area (Å²) in [5.74, 6) is 0.727. The first-order valence-electron chi connectivity index (χ1n) is 4.00. The highest BCUT2D eigenvalue weighted by molar-refractivity contribution is 9.10. The maximum atomic E-state index is 5.72. The van der Waals surface area contributed by atoms with Gasteiger partial charge in [0.1, 0.15) is 5.82 Å². The minimum Gasteiger partial charge on any atom is -0.396 e. The van der Waals surface area contributed by atoms with E-state index in [1.807, 2.05) is 12.1 Å². The van der Waals surface area contributed by atoms with E-state index in [-0.39, 0.29) is 0 Å². The van der Waals surface area contributed by atoms with Crippen LogP contribution in [0.1, 0.15) is 6.42 Å². The number of hydrogen-bond donors (Lipinski definition) is 2. The molecule has 1 aromatic rings. The van der Waals surface area contributed by atoms with Gasteiger partial charge >= 0.3 is 0 Å². The fourth-order valence-corrected chi connectivity index (χ4v) is 1.24. The average Bonchev–Trinajstić information content (AvgIpc) is 2.09. The van der Waals surface area contributed by atoms with E-state index >= 15 is 0 Å². The lowest BCUT2D eigenvalue weighted by molar-refractivity contribution is 1.05. The Bertz CT molecular complexity index is 299. The van der Waals surface area contributed by atoms with Gasteiger partial charge in [-0.1, -0.05) is 6.08 Å². The average molecular weight is 242 g/mol. The molecule has 0 atom stereocenters. The number of nitrogen functional groups attached to an aromatic ring is 1. The van der Waals surface area contributed by atoms with Gasteiger partial charge in [-0.3, -0.25) is 0 Å². The zero-order valence-electron chi connectivity index (χ0n) is 7.26. The number of hydrogen-bond acceptors (Lipinski definition) is 3. The molecule has 0 radical (unpaired) electrons. The Morgan fingerprint density at radius 3 is 3.08 bits per heavy atom. The summed E-state index contributed by atoms with van der Waals surface area (Å²) >= 11 is 3.29. The van der Waals surface area contributed by atoms with Crippen LogP contribution in [0.15, 0.2) is 29.4 Å². The molecule has 0 amide bonds. The van der Waals surface area contributed by atoms with Crippen molar-refractivity contribution in [3.8, 4) is 0 Å². The van der Waals surface area contributed by atoms with Crippen LogP contribution in [-0.4, -0.2) is 11.5 Å². The molecule has 1 rings (SSSR count). The Morgan fingerprint density at radius 1 is 1.69 bits per heavy atom. The third-order valence-corrected chi connectivity index (χ3v) is 1.96. The van der Waals surface area contributed by atoms with Gasteiger partial charge in [0, 0.05) is 17.2 Å². The van der Waals surface area contributed by atoms with Crippen LogP contribution in [0.3, 0.4) is 0 Å². The van der Waals surface area contributed by atoms with Crippen molar-refractivity contribution in [3.63, 3.8) is 0 Å². The number of aromatic nitrogens is 1. The molecule has 70 valence electrons. The monoisotopic (exact) mass is 241 g/mol. The molecule has 0 saturated heterocycles. The molecule has 0 bridgehead atoms. The fourth-order valence-electron chi connectivity index (χ4n) is 0.895. The number of halogens is 1. The molecule has 3 N–H and O–H groups in total. The van der Waals surface area contributed by atoms with Gasteiger partial charge in [0.05, 0.1) is 5.69 Å². The van der Waals surface area contributed by atoms with Crippen LogP contribution in [0, 0.1) is 0 Å². The van der Waals surface area contributed by atoms with Crippen LogP contribution in [0.2, 0.25) is 0 Å². The molecule has 0 aliphatic carbocycles. The van der Waals surface area contributed by atoms with Crippen LogP contribution in [0.4, 0.5) is 11.5 Å². The number of pyridine rings is 1. The van der Waals surface area contributed by atoms with E-state index in [0.29, 0.717) is 5.69 Å². The summed E-state index contributed by atoms with van der Waals surface area (Å²) in [5, 5.41) is 3.11. The van der Waals surface area contributed by atoms with Gasteiger partial charge < -0.3 is 11.1 Å². The van der Waals surface area contributed by atoms with Crippen molar-refractivity contribution in [3.05, 3.63) is 29.4 Å². The lowest BCUT2D eigenvalue weighted by Crippen LogP contribution is -2.05. The Balaban J connectivity index is 2.61. The van der Waals surface area contributed by atoms with Crippen molar-refractivity contribution in [1.82, 2.24) is 4.98 Å². The number of rotatable bonds is 4. The highest BCUT2D eigenvalue weighted by atomic mass is 79.9. The second-order valence-corrected chi connectivity index (χ2v) is 3.51. The molecule has 0 fully saturated rings. The Hall–Kier alpha value is -1.03. The van der Waals surface area contributed by atoms with E-state index in [0.717, 1.165) is 23.3 Å². The molecular weight excluding hydrogens is 230 g/mol. The minimum atomic E-state index is 0.651. The van der Waals surface area contributed by atoms with E-state index in [4.69, 9.17) is 5.73 Å². The predicted octanol–water partition coefficient (Wildman–Crippen LogP) is 2.41.